The second-order valence-electron chi connectivity index (χ2n) is 4.79. The number of aromatic nitrogens is 2. The predicted molar refractivity (Wildman–Crippen MR) is 76.3 cm³/mol. The number of piperidine rings is 1. The highest BCUT2D eigenvalue weighted by molar-refractivity contribution is 5.50. The Morgan fingerprint density at radius 1 is 1.50 bits per heavy atom. The van der Waals surface area contributed by atoms with E-state index in [2.05, 4.69) is 14.9 Å². The Bertz CT molecular complexity index is 469. The fourth-order valence-corrected chi connectivity index (χ4v) is 2.35. The van der Waals surface area contributed by atoms with Gasteiger partial charge in [0.15, 0.2) is 5.82 Å². The van der Waals surface area contributed by atoms with E-state index in [1.165, 1.54) is 13.4 Å². The van der Waals surface area contributed by atoms with Crippen molar-refractivity contribution in [1.29, 1.82) is 0 Å². The van der Waals surface area contributed by atoms with Crippen molar-refractivity contribution in [3.05, 3.63) is 16.7 Å². The van der Waals surface area contributed by atoms with Crippen molar-refractivity contribution < 1.29 is 9.47 Å². The molecular weight excluding hydrogens is 260 g/mol. The van der Waals surface area contributed by atoms with Crippen LogP contribution in [0.5, 0.6) is 5.75 Å². The van der Waals surface area contributed by atoms with Crippen LogP contribution in [0, 0.1) is 0 Å². The summed E-state index contributed by atoms with van der Waals surface area (Å²) in [7, 11) is 1.48. The summed E-state index contributed by atoms with van der Waals surface area (Å²) in [6.07, 6.45) is 4.41. The van der Waals surface area contributed by atoms with Crippen molar-refractivity contribution in [3.63, 3.8) is 0 Å². The molecule has 3 N–H and O–H groups in total. The van der Waals surface area contributed by atoms with Crippen LogP contribution in [0.2, 0.25) is 0 Å². The van der Waals surface area contributed by atoms with Crippen LogP contribution in [0.4, 0.5) is 5.82 Å². The van der Waals surface area contributed by atoms with E-state index in [1.807, 2.05) is 0 Å². The Kier molecular flexibility index (Phi) is 5.37. The number of hydrogen-bond acceptors (Lipinski definition) is 6. The third kappa shape index (κ3) is 3.49. The first-order valence-electron chi connectivity index (χ1n) is 6.94. The number of nitrogens with zero attached hydrogens (tertiary/aromatic N) is 2. The zero-order chi connectivity index (χ0) is 14.4. The topological polar surface area (TPSA) is 93.5 Å². The van der Waals surface area contributed by atoms with Crippen molar-refractivity contribution in [2.45, 2.75) is 25.4 Å². The lowest BCUT2D eigenvalue weighted by Gasteiger charge is -2.33. The number of anilines is 1. The molecule has 0 amide bonds. The Balaban J connectivity index is 1.94. The number of hydrogen-bond donors (Lipinski definition) is 2. The maximum Gasteiger partial charge on any atom is 0.295 e. The molecule has 2 rings (SSSR count). The number of H-pyrrole nitrogens is 1. The average molecular weight is 282 g/mol. The lowest BCUT2D eigenvalue weighted by molar-refractivity contribution is 0.0365. The van der Waals surface area contributed by atoms with Crippen LogP contribution in [0.1, 0.15) is 19.3 Å². The molecule has 1 saturated heterocycles. The zero-order valence-electron chi connectivity index (χ0n) is 11.8. The molecule has 0 aromatic carbocycles. The van der Waals surface area contributed by atoms with Gasteiger partial charge < -0.3 is 25.1 Å². The van der Waals surface area contributed by atoms with E-state index in [9.17, 15) is 4.79 Å². The number of rotatable bonds is 6. The van der Waals surface area contributed by atoms with Gasteiger partial charge in [0.1, 0.15) is 0 Å². The normalized spacial score (nSPS) is 16.4. The number of methoxy groups -OCH3 is 1. The molecule has 2 heterocycles. The molecule has 1 aromatic rings. The van der Waals surface area contributed by atoms with Crippen LogP contribution >= 0.6 is 0 Å². The maximum atomic E-state index is 11.7. The second kappa shape index (κ2) is 7.25. The van der Waals surface area contributed by atoms with Gasteiger partial charge in [-0.3, -0.25) is 4.79 Å². The third-order valence-corrected chi connectivity index (χ3v) is 3.44. The van der Waals surface area contributed by atoms with Crippen molar-refractivity contribution in [2.75, 3.05) is 38.3 Å². The van der Waals surface area contributed by atoms with Crippen LogP contribution < -0.4 is 20.9 Å². The zero-order valence-corrected chi connectivity index (χ0v) is 11.8. The van der Waals surface area contributed by atoms with E-state index in [0.717, 1.165) is 32.4 Å². The molecule has 7 heteroatoms. The summed E-state index contributed by atoms with van der Waals surface area (Å²) in [5, 5.41) is 0. The van der Waals surface area contributed by atoms with Gasteiger partial charge in [-0.2, -0.15) is 0 Å². The minimum Gasteiger partial charge on any atom is -0.489 e. The van der Waals surface area contributed by atoms with Gasteiger partial charge in [0.05, 0.1) is 19.5 Å². The van der Waals surface area contributed by atoms with Crippen molar-refractivity contribution in [1.82, 2.24) is 9.97 Å². The SMILES string of the molecule is COc1c(N2CCC(OCCCN)CC2)nc[nH]c1=O. The monoisotopic (exact) mass is 282 g/mol. The van der Waals surface area contributed by atoms with Gasteiger partial charge in [-0.05, 0) is 25.8 Å². The summed E-state index contributed by atoms with van der Waals surface area (Å²) in [5.74, 6) is 0.881. The third-order valence-electron chi connectivity index (χ3n) is 3.44. The molecule has 112 valence electrons. The quantitative estimate of drug-likeness (QED) is 0.719. The van der Waals surface area contributed by atoms with Gasteiger partial charge in [0.25, 0.3) is 5.56 Å². The molecule has 0 unspecified atom stereocenters. The molecule has 0 bridgehead atoms. The fourth-order valence-electron chi connectivity index (χ4n) is 2.35. The lowest BCUT2D eigenvalue weighted by Crippen LogP contribution is -2.38. The molecule has 1 aliphatic rings. The minimum absolute atomic E-state index is 0.251. The van der Waals surface area contributed by atoms with E-state index < -0.39 is 0 Å². The molecule has 7 nitrogen and oxygen atoms in total. The van der Waals surface area contributed by atoms with Crippen LogP contribution in [0.25, 0.3) is 0 Å². The molecule has 1 aliphatic heterocycles. The van der Waals surface area contributed by atoms with Crippen LogP contribution in [0.15, 0.2) is 11.1 Å². The first-order chi connectivity index (χ1) is 9.76. The van der Waals surface area contributed by atoms with Crippen LogP contribution in [0.3, 0.4) is 0 Å². The highest BCUT2D eigenvalue weighted by Gasteiger charge is 2.23. The van der Waals surface area contributed by atoms with Gasteiger partial charge in [0.2, 0.25) is 5.75 Å². The number of ether oxygens (including phenoxy) is 2. The van der Waals surface area contributed by atoms with Gasteiger partial charge in [-0.15, -0.1) is 0 Å². The van der Waals surface area contributed by atoms with E-state index in [1.54, 1.807) is 0 Å². The Labute approximate surface area is 118 Å². The summed E-state index contributed by atoms with van der Waals surface area (Å²) in [6, 6.07) is 0. The minimum atomic E-state index is -0.251. The number of nitrogens with two attached hydrogens (primary N) is 1. The molecule has 0 atom stereocenters. The Morgan fingerprint density at radius 2 is 2.25 bits per heavy atom. The standard InChI is InChI=1S/C13H22N4O3/c1-19-11-12(15-9-16-13(11)18)17-6-3-10(4-7-17)20-8-2-5-14/h9-10H,2-8,14H2,1H3,(H,15,16,18). The van der Waals surface area contributed by atoms with Crippen LogP contribution in [-0.2, 0) is 4.74 Å². The smallest absolute Gasteiger partial charge is 0.295 e. The van der Waals surface area contributed by atoms with E-state index >= 15 is 0 Å². The molecule has 0 saturated carbocycles. The summed E-state index contributed by atoms with van der Waals surface area (Å²) in [5.41, 5.74) is 5.19. The molecule has 0 spiro atoms. The first-order valence-corrected chi connectivity index (χ1v) is 6.94. The van der Waals surface area contributed by atoms with Gasteiger partial charge >= 0.3 is 0 Å². The van der Waals surface area contributed by atoms with E-state index in [0.29, 0.717) is 19.0 Å². The fraction of sp³-hybridized carbons (Fsp3) is 0.692. The second-order valence-corrected chi connectivity index (χ2v) is 4.79. The summed E-state index contributed by atoms with van der Waals surface area (Å²) >= 11 is 0. The van der Waals surface area contributed by atoms with Crippen molar-refractivity contribution in [2.24, 2.45) is 5.73 Å². The highest BCUT2D eigenvalue weighted by Crippen LogP contribution is 2.24. The molecule has 0 aliphatic carbocycles. The first kappa shape index (κ1) is 14.8. The van der Waals surface area contributed by atoms with E-state index in [4.69, 9.17) is 15.2 Å². The lowest BCUT2D eigenvalue weighted by atomic mass is 10.1. The van der Waals surface area contributed by atoms with E-state index in [-0.39, 0.29) is 17.4 Å². The molecule has 1 aromatic heterocycles. The predicted octanol–water partition coefficient (Wildman–Crippen LogP) is 0.113. The Hall–Kier alpha value is -1.60. The molecule has 20 heavy (non-hydrogen) atoms. The number of aromatic amines is 1. The van der Waals surface area contributed by atoms with Gasteiger partial charge in [0, 0.05) is 19.7 Å². The average Bonchev–Trinajstić information content (AvgIpc) is 2.48. The van der Waals surface area contributed by atoms with Gasteiger partial charge in [-0.25, -0.2) is 4.98 Å². The van der Waals surface area contributed by atoms with Gasteiger partial charge in [-0.1, -0.05) is 0 Å². The van der Waals surface area contributed by atoms with Crippen molar-refractivity contribution >= 4 is 5.82 Å². The summed E-state index contributed by atoms with van der Waals surface area (Å²) in [6.45, 7) is 2.99. The molecule has 1 fully saturated rings. The highest BCUT2D eigenvalue weighted by atomic mass is 16.5. The summed E-state index contributed by atoms with van der Waals surface area (Å²) in [4.78, 5) is 20.5. The number of nitrogens with one attached hydrogen (secondary N) is 1. The Morgan fingerprint density at radius 3 is 2.90 bits per heavy atom. The summed E-state index contributed by atoms with van der Waals surface area (Å²) < 4.78 is 10.9. The maximum absolute atomic E-state index is 11.7. The van der Waals surface area contributed by atoms with Crippen LogP contribution in [-0.4, -0.2) is 49.4 Å². The largest absolute Gasteiger partial charge is 0.489 e. The van der Waals surface area contributed by atoms with Crippen molar-refractivity contribution in [3.8, 4) is 5.75 Å². The molecule has 0 radical (unpaired) electrons. The molecular formula is C13H22N4O3.